The topological polar surface area (TPSA) is 119 Å². The summed E-state index contributed by atoms with van der Waals surface area (Å²) in [6.45, 7) is 3.86. The predicted octanol–water partition coefficient (Wildman–Crippen LogP) is 11.8. The normalized spacial score (nSPS) is 17.3. The fraction of sp³-hybridized carbons (Fsp3) is 0.328. The van der Waals surface area contributed by atoms with E-state index in [2.05, 4.69) is 10.2 Å². The van der Waals surface area contributed by atoms with E-state index in [1.54, 1.807) is 79.7 Å². The van der Waals surface area contributed by atoms with Gasteiger partial charge in [-0.1, -0.05) is 66.2 Å². The van der Waals surface area contributed by atoms with E-state index in [9.17, 15) is 0 Å². The van der Waals surface area contributed by atoms with E-state index in [1.165, 1.54) is 19.2 Å². The SMILES string of the molecule is COc1ccc(CN(Cc2ccc(OC)cc2)c2cc(C)c(C(F)(F)F)c(-c3c(F)c4c5c(c3Cl)=NCNC=5N(C(C)c3cccnc3N(Cc3ccc(OC)cc3)Cc3ccc(OC)cc3)C=C(OCC35C[C@@H](F)CN3C[C@H](F)C5)O4)n2)cc1. The number of methoxy groups -OCH3 is 4. The van der Waals surface area contributed by atoms with Crippen molar-refractivity contribution < 1.29 is 54.8 Å². The third-order valence-electron chi connectivity index (χ3n) is 16.1. The highest BCUT2D eigenvalue weighted by atomic mass is 35.5. The smallest absolute Gasteiger partial charge is 0.418 e. The Labute approximate surface area is 493 Å². The highest BCUT2D eigenvalue weighted by molar-refractivity contribution is 6.33. The first kappa shape index (κ1) is 58.4. The Balaban J connectivity index is 1.08. The Bertz CT molecular complexity index is 3620. The van der Waals surface area contributed by atoms with Crippen LogP contribution in [0, 0.1) is 12.7 Å². The molecular formula is C64H63ClF6N8O6. The number of ether oxygens (including phenoxy) is 6. The molecular weight excluding hydrogens is 1130 g/mol. The molecule has 444 valence electrons. The summed E-state index contributed by atoms with van der Waals surface area (Å²) in [5.74, 6) is 1.28. The van der Waals surface area contributed by atoms with Crippen LogP contribution in [-0.4, -0.2) is 92.5 Å². The molecule has 0 aliphatic carbocycles. The second-order valence-corrected chi connectivity index (χ2v) is 22.0. The number of rotatable bonds is 20. The molecule has 6 heterocycles. The number of anilines is 2. The number of alkyl halides is 5. The molecule has 0 amide bonds. The molecule has 1 N–H and O–H groups in total. The zero-order valence-corrected chi connectivity index (χ0v) is 48.4. The van der Waals surface area contributed by atoms with Gasteiger partial charge < -0.3 is 48.4 Å². The molecule has 2 saturated heterocycles. The summed E-state index contributed by atoms with van der Waals surface area (Å²) in [4.78, 5) is 21.8. The van der Waals surface area contributed by atoms with Crippen molar-refractivity contribution in [3.8, 4) is 40.0 Å². The molecule has 14 nitrogen and oxygen atoms in total. The van der Waals surface area contributed by atoms with Gasteiger partial charge in [-0.15, -0.1) is 0 Å². The van der Waals surface area contributed by atoms with E-state index in [1.807, 2.05) is 85.8 Å². The van der Waals surface area contributed by atoms with E-state index in [4.69, 9.17) is 55.0 Å². The molecule has 0 bridgehead atoms. The number of halogens is 7. The molecule has 21 heteroatoms. The molecule has 85 heavy (non-hydrogen) atoms. The number of nitrogens with zero attached hydrogens (tertiary/aromatic N) is 7. The largest absolute Gasteiger partial charge is 0.497 e. The van der Waals surface area contributed by atoms with Crippen LogP contribution < -0.4 is 49.4 Å². The Hall–Kier alpha value is -8.36. The summed E-state index contributed by atoms with van der Waals surface area (Å²) in [5, 5.41) is 2.75. The Morgan fingerprint density at radius 3 is 1.75 bits per heavy atom. The summed E-state index contributed by atoms with van der Waals surface area (Å²) in [5.41, 5.74) is 0.0476. The van der Waals surface area contributed by atoms with Crippen molar-refractivity contribution >= 4 is 29.1 Å². The molecule has 1 unspecified atom stereocenters. The van der Waals surface area contributed by atoms with Crippen molar-refractivity contribution in [2.24, 2.45) is 4.99 Å². The maximum Gasteiger partial charge on any atom is 0.418 e. The van der Waals surface area contributed by atoms with Crippen LogP contribution in [0.2, 0.25) is 5.02 Å². The zero-order valence-electron chi connectivity index (χ0n) is 47.7. The molecule has 5 aromatic carbocycles. The average molecular weight is 1190 g/mol. The highest BCUT2D eigenvalue weighted by Crippen LogP contribution is 2.46. The van der Waals surface area contributed by atoms with Crippen LogP contribution in [0.25, 0.3) is 17.1 Å². The van der Waals surface area contributed by atoms with Gasteiger partial charge in [0.05, 0.1) is 78.6 Å². The number of aryl methyl sites for hydroxylation is 1. The zero-order chi connectivity index (χ0) is 59.7. The minimum Gasteiger partial charge on any atom is -0.497 e. The van der Waals surface area contributed by atoms with Gasteiger partial charge in [0.25, 0.3) is 0 Å². The van der Waals surface area contributed by atoms with Gasteiger partial charge in [0.15, 0.2) is 11.6 Å². The molecule has 0 radical (unpaired) electrons. The monoisotopic (exact) mass is 1190 g/mol. The van der Waals surface area contributed by atoms with E-state index in [0.29, 0.717) is 47.5 Å². The van der Waals surface area contributed by atoms with Crippen LogP contribution in [0.4, 0.5) is 38.0 Å². The summed E-state index contributed by atoms with van der Waals surface area (Å²) < 4.78 is 132. The number of fused-ring (bicyclic) bond motifs is 1. The third kappa shape index (κ3) is 12.0. The first-order chi connectivity index (χ1) is 41.0. The molecule has 4 aliphatic heterocycles. The van der Waals surface area contributed by atoms with Gasteiger partial charge in [0, 0.05) is 63.9 Å². The summed E-state index contributed by atoms with van der Waals surface area (Å²) in [6, 6.07) is 34.2. The minimum atomic E-state index is -5.08. The summed E-state index contributed by atoms with van der Waals surface area (Å²) in [6.07, 6.45) is -4.46. The second kappa shape index (κ2) is 24.3. The lowest BCUT2D eigenvalue weighted by Crippen LogP contribution is -2.45. The average Bonchev–Trinajstić information content (AvgIpc) is 2.55. The molecule has 4 aliphatic rings. The van der Waals surface area contributed by atoms with Crippen LogP contribution in [0.15, 0.2) is 139 Å². The van der Waals surface area contributed by atoms with Gasteiger partial charge in [-0.05, 0) is 102 Å². The van der Waals surface area contributed by atoms with Crippen LogP contribution >= 0.6 is 11.6 Å². The molecule has 2 aromatic heterocycles. The first-order valence-electron chi connectivity index (χ1n) is 27.7. The second-order valence-electron chi connectivity index (χ2n) is 21.6. The van der Waals surface area contributed by atoms with E-state index < -0.39 is 63.5 Å². The van der Waals surface area contributed by atoms with Crippen molar-refractivity contribution in [3.63, 3.8) is 0 Å². The molecule has 11 rings (SSSR count). The number of aromatic nitrogens is 2. The predicted molar refractivity (Wildman–Crippen MR) is 311 cm³/mol. The lowest BCUT2D eigenvalue weighted by molar-refractivity contribution is -0.137. The third-order valence-corrected chi connectivity index (χ3v) is 16.5. The minimum absolute atomic E-state index is 0.00312. The Morgan fingerprint density at radius 1 is 0.753 bits per heavy atom. The van der Waals surface area contributed by atoms with Crippen molar-refractivity contribution in [2.75, 3.05) is 64.6 Å². The van der Waals surface area contributed by atoms with Crippen molar-refractivity contribution in [3.05, 3.63) is 194 Å². The lowest BCUT2D eigenvalue weighted by Gasteiger charge is -2.34. The maximum absolute atomic E-state index is 18.6. The highest BCUT2D eigenvalue weighted by Gasteiger charge is 2.53. The van der Waals surface area contributed by atoms with Crippen LogP contribution in [0.3, 0.4) is 0 Å². The summed E-state index contributed by atoms with van der Waals surface area (Å²) >= 11 is 7.38. The van der Waals surface area contributed by atoms with Gasteiger partial charge in [-0.25, -0.2) is 23.1 Å². The van der Waals surface area contributed by atoms with E-state index >= 15 is 26.3 Å². The number of benzene rings is 5. The Kier molecular flexibility index (Phi) is 16.7. The van der Waals surface area contributed by atoms with E-state index in [-0.39, 0.29) is 86.0 Å². The fourth-order valence-corrected chi connectivity index (χ4v) is 12.2. The van der Waals surface area contributed by atoms with Crippen molar-refractivity contribution in [1.29, 1.82) is 0 Å². The van der Waals surface area contributed by atoms with Crippen molar-refractivity contribution in [2.45, 2.75) is 83.0 Å². The quantitative estimate of drug-likeness (QED) is 0.0730. The number of pyridine rings is 2. The molecule has 0 saturated carbocycles. The number of nitrogens with one attached hydrogen (secondary N) is 1. The summed E-state index contributed by atoms with van der Waals surface area (Å²) in [7, 11) is 6.29. The molecule has 7 aromatic rings. The van der Waals surface area contributed by atoms with Crippen LogP contribution in [0.1, 0.15) is 64.8 Å². The maximum atomic E-state index is 18.6. The molecule has 0 spiro atoms. The van der Waals surface area contributed by atoms with Gasteiger partial charge in [-0.2, -0.15) is 13.2 Å². The van der Waals surface area contributed by atoms with E-state index in [0.717, 1.165) is 22.3 Å². The Morgan fingerprint density at radius 2 is 1.26 bits per heavy atom. The standard InChI is InChI=1S/C64H63ClF6N8O6/c1-38-26-51(76(29-40-9-17-46(80-3)18-10-40)30-41-11-19-47(81-4)20-12-41)75-58(55(38)64(69,70)71)53-56(65)59-54-60(57(53)68)85-52(84-36-63-27-44(66)33-78(63)34-45(67)28-63)35-79(62(54)74-37-73-59)39(2)50-8-7-25-72-61(50)77(31-42-13-21-48(82-5)22-14-42)32-43-15-23-49(83-6)24-16-43/h7-26,35,39,44-45,74H,27-34,36-37H2,1-6H3/t39?,44-,45-/m1/s1. The number of hydrogen-bond donors (Lipinski definition) is 1. The van der Waals surface area contributed by atoms with Gasteiger partial charge in [0.2, 0.25) is 0 Å². The molecule has 3 atom stereocenters. The van der Waals surface area contributed by atoms with Gasteiger partial charge in [-0.3, -0.25) is 9.89 Å². The van der Waals surface area contributed by atoms with Gasteiger partial charge in [0.1, 0.15) is 66.1 Å². The van der Waals surface area contributed by atoms with Crippen molar-refractivity contribution in [1.82, 2.24) is 25.1 Å². The van der Waals surface area contributed by atoms with Crippen LogP contribution in [0.5, 0.6) is 28.7 Å². The van der Waals surface area contributed by atoms with Crippen LogP contribution in [-0.2, 0) is 37.1 Å². The first-order valence-corrected chi connectivity index (χ1v) is 28.1. The number of hydrogen-bond acceptors (Lipinski definition) is 14. The van der Waals surface area contributed by atoms with Gasteiger partial charge >= 0.3 is 12.1 Å². The fourth-order valence-electron chi connectivity index (χ4n) is 11.9. The molecule has 2 fully saturated rings. The lowest BCUT2D eigenvalue weighted by atomic mass is 9.94.